The topological polar surface area (TPSA) is 68.8 Å². The smallest absolute Gasteiger partial charge is 0.148 e. The molecule has 0 aromatic carbocycles. The van der Waals surface area contributed by atoms with Crippen molar-refractivity contribution in [3.8, 4) is 0 Å². The quantitative estimate of drug-likeness (QED) is 0.885. The minimum Gasteiger partial charge on any atom is -0.394 e. The van der Waals surface area contributed by atoms with E-state index in [-0.39, 0.29) is 12.1 Å². The minimum absolute atomic E-state index is 0.129. The molecule has 0 fully saturated rings. The minimum atomic E-state index is 0.129. The molecule has 2 rings (SSSR count). The second-order valence-corrected chi connectivity index (χ2v) is 5.04. The predicted octanol–water partition coefficient (Wildman–Crippen LogP) is 2.92. The van der Waals surface area contributed by atoms with E-state index in [0.29, 0.717) is 5.69 Å². The van der Waals surface area contributed by atoms with Gasteiger partial charge in [0.25, 0.3) is 0 Å². The molecule has 3 N–H and O–H groups in total. The Morgan fingerprint density at radius 2 is 2.05 bits per heavy atom. The fourth-order valence-electron chi connectivity index (χ4n) is 2.00. The molecular weight excluding hydrogens is 238 g/mol. The number of anilines is 2. The van der Waals surface area contributed by atoms with Gasteiger partial charge in [0, 0.05) is 18.4 Å². The zero-order valence-electron chi connectivity index (χ0n) is 11.9. The summed E-state index contributed by atoms with van der Waals surface area (Å²) >= 11 is 0. The summed E-state index contributed by atoms with van der Waals surface area (Å²) in [6.45, 7) is 8.19. The van der Waals surface area contributed by atoms with Gasteiger partial charge in [-0.1, -0.05) is 6.07 Å². The van der Waals surface area contributed by atoms with Gasteiger partial charge in [0.1, 0.15) is 5.82 Å². The second-order valence-electron chi connectivity index (χ2n) is 5.04. The summed E-state index contributed by atoms with van der Waals surface area (Å²) in [6.07, 6.45) is 3.63. The van der Waals surface area contributed by atoms with E-state index in [1.165, 1.54) is 0 Å². The standard InChI is InChI=1S/C14H21N5/c1-9(2)19-14(13(15)11(4)18-19)17-10(3)12-6-5-7-16-8-12/h5-10,17H,15H2,1-4H3. The predicted molar refractivity (Wildman–Crippen MR) is 78.0 cm³/mol. The summed E-state index contributed by atoms with van der Waals surface area (Å²) < 4.78 is 1.93. The van der Waals surface area contributed by atoms with Crippen LogP contribution < -0.4 is 11.1 Å². The molecule has 1 unspecified atom stereocenters. The van der Waals surface area contributed by atoms with Gasteiger partial charge in [-0.3, -0.25) is 4.98 Å². The van der Waals surface area contributed by atoms with Crippen LogP contribution in [0.3, 0.4) is 0 Å². The highest BCUT2D eigenvalue weighted by molar-refractivity contribution is 5.65. The van der Waals surface area contributed by atoms with E-state index in [2.05, 4.69) is 36.2 Å². The largest absolute Gasteiger partial charge is 0.394 e. The molecule has 102 valence electrons. The molecule has 0 saturated heterocycles. The maximum atomic E-state index is 6.11. The van der Waals surface area contributed by atoms with Crippen molar-refractivity contribution in [1.82, 2.24) is 14.8 Å². The monoisotopic (exact) mass is 259 g/mol. The van der Waals surface area contributed by atoms with Gasteiger partial charge in [0.2, 0.25) is 0 Å². The highest BCUT2D eigenvalue weighted by atomic mass is 15.4. The van der Waals surface area contributed by atoms with Crippen molar-refractivity contribution < 1.29 is 0 Å². The Balaban J connectivity index is 2.28. The highest BCUT2D eigenvalue weighted by Crippen LogP contribution is 2.28. The first-order valence-corrected chi connectivity index (χ1v) is 6.51. The molecule has 19 heavy (non-hydrogen) atoms. The van der Waals surface area contributed by atoms with Crippen LogP contribution in [0, 0.1) is 6.92 Å². The van der Waals surface area contributed by atoms with Crippen LogP contribution >= 0.6 is 0 Å². The molecule has 0 radical (unpaired) electrons. The Kier molecular flexibility index (Phi) is 3.74. The lowest BCUT2D eigenvalue weighted by atomic mass is 10.1. The number of hydrogen-bond donors (Lipinski definition) is 2. The van der Waals surface area contributed by atoms with Crippen molar-refractivity contribution in [3.63, 3.8) is 0 Å². The van der Waals surface area contributed by atoms with Crippen molar-refractivity contribution in [2.45, 2.75) is 39.8 Å². The number of nitrogens with two attached hydrogens (primary N) is 1. The Morgan fingerprint density at radius 1 is 1.32 bits per heavy atom. The molecule has 0 bridgehead atoms. The number of pyridine rings is 1. The van der Waals surface area contributed by atoms with Crippen molar-refractivity contribution in [1.29, 1.82) is 0 Å². The van der Waals surface area contributed by atoms with Gasteiger partial charge in [-0.25, -0.2) is 4.68 Å². The van der Waals surface area contributed by atoms with Crippen LogP contribution in [0.2, 0.25) is 0 Å². The lowest BCUT2D eigenvalue weighted by molar-refractivity contribution is 0.532. The van der Waals surface area contributed by atoms with Crippen molar-refractivity contribution in [2.24, 2.45) is 0 Å². The van der Waals surface area contributed by atoms with Gasteiger partial charge in [0.15, 0.2) is 0 Å². The average Bonchev–Trinajstić information content (AvgIpc) is 2.68. The Bertz CT molecular complexity index is 544. The summed E-state index contributed by atoms with van der Waals surface area (Å²) in [5, 5.41) is 7.90. The molecule has 0 aliphatic heterocycles. The molecule has 2 heterocycles. The summed E-state index contributed by atoms with van der Waals surface area (Å²) in [4.78, 5) is 4.14. The van der Waals surface area contributed by atoms with Crippen LogP contribution in [0.1, 0.15) is 44.1 Å². The molecule has 5 heteroatoms. The van der Waals surface area contributed by atoms with E-state index in [4.69, 9.17) is 5.73 Å². The van der Waals surface area contributed by atoms with Crippen LogP contribution in [-0.4, -0.2) is 14.8 Å². The number of nitrogens with zero attached hydrogens (tertiary/aromatic N) is 3. The van der Waals surface area contributed by atoms with Crippen LogP contribution in [0.25, 0.3) is 0 Å². The van der Waals surface area contributed by atoms with Crippen LogP contribution in [0.15, 0.2) is 24.5 Å². The second kappa shape index (κ2) is 5.30. The number of aryl methyl sites for hydroxylation is 1. The summed E-state index contributed by atoms with van der Waals surface area (Å²) in [5.41, 5.74) is 8.80. The number of rotatable bonds is 4. The van der Waals surface area contributed by atoms with Gasteiger partial charge in [-0.2, -0.15) is 5.10 Å². The number of nitrogens with one attached hydrogen (secondary N) is 1. The van der Waals surface area contributed by atoms with Crippen molar-refractivity contribution >= 4 is 11.5 Å². The maximum absolute atomic E-state index is 6.11. The fraction of sp³-hybridized carbons (Fsp3) is 0.429. The summed E-state index contributed by atoms with van der Waals surface area (Å²) in [7, 11) is 0. The first-order chi connectivity index (χ1) is 9.00. The van der Waals surface area contributed by atoms with Crippen LogP contribution in [0.4, 0.5) is 11.5 Å². The van der Waals surface area contributed by atoms with E-state index in [0.717, 1.165) is 17.1 Å². The Hall–Kier alpha value is -2.04. The van der Waals surface area contributed by atoms with Gasteiger partial charge in [0.05, 0.1) is 17.4 Å². The SMILES string of the molecule is Cc1nn(C(C)C)c(NC(C)c2cccnc2)c1N. The van der Waals surface area contributed by atoms with Crippen LogP contribution in [-0.2, 0) is 0 Å². The molecule has 0 amide bonds. The number of hydrogen-bond acceptors (Lipinski definition) is 4. The zero-order chi connectivity index (χ0) is 14.0. The highest BCUT2D eigenvalue weighted by Gasteiger charge is 2.17. The fourth-order valence-corrected chi connectivity index (χ4v) is 2.00. The zero-order valence-corrected chi connectivity index (χ0v) is 11.9. The van der Waals surface area contributed by atoms with Gasteiger partial charge < -0.3 is 11.1 Å². The number of aromatic nitrogens is 3. The van der Waals surface area contributed by atoms with E-state index in [1.54, 1.807) is 6.20 Å². The van der Waals surface area contributed by atoms with E-state index in [1.807, 2.05) is 29.9 Å². The molecule has 0 aliphatic carbocycles. The van der Waals surface area contributed by atoms with Crippen LogP contribution in [0.5, 0.6) is 0 Å². The molecule has 2 aromatic heterocycles. The Morgan fingerprint density at radius 3 is 2.63 bits per heavy atom. The molecule has 5 nitrogen and oxygen atoms in total. The first kappa shape index (κ1) is 13.4. The third-order valence-electron chi connectivity index (χ3n) is 3.16. The van der Waals surface area contributed by atoms with E-state index < -0.39 is 0 Å². The van der Waals surface area contributed by atoms with Gasteiger partial charge in [-0.05, 0) is 39.3 Å². The third kappa shape index (κ3) is 2.70. The molecule has 2 aromatic rings. The normalized spacial score (nSPS) is 12.7. The summed E-state index contributed by atoms with van der Waals surface area (Å²) in [6, 6.07) is 4.37. The molecule has 0 aliphatic rings. The maximum Gasteiger partial charge on any atom is 0.148 e. The third-order valence-corrected chi connectivity index (χ3v) is 3.16. The van der Waals surface area contributed by atoms with E-state index in [9.17, 15) is 0 Å². The average molecular weight is 259 g/mol. The summed E-state index contributed by atoms with van der Waals surface area (Å²) in [5.74, 6) is 0.879. The number of nitrogen functional groups attached to an aromatic ring is 1. The Labute approximate surface area is 113 Å². The van der Waals surface area contributed by atoms with Crippen molar-refractivity contribution in [2.75, 3.05) is 11.1 Å². The van der Waals surface area contributed by atoms with E-state index >= 15 is 0 Å². The lowest BCUT2D eigenvalue weighted by Crippen LogP contribution is -2.14. The first-order valence-electron chi connectivity index (χ1n) is 6.51. The molecular formula is C14H21N5. The van der Waals surface area contributed by atoms with Gasteiger partial charge >= 0.3 is 0 Å². The molecule has 1 atom stereocenters. The molecule has 0 saturated carbocycles. The van der Waals surface area contributed by atoms with Crippen molar-refractivity contribution in [3.05, 3.63) is 35.8 Å². The molecule has 0 spiro atoms. The van der Waals surface area contributed by atoms with Gasteiger partial charge in [-0.15, -0.1) is 0 Å². The lowest BCUT2D eigenvalue weighted by Gasteiger charge is -2.18.